The van der Waals surface area contributed by atoms with Crippen molar-refractivity contribution < 1.29 is 22.6 Å². The van der Waals surface area contributed by atoms with E-state index in [4.69, 9.17) is 9.47 Å². The third-order valence-corrected chi connectivity index (χ3v) is 7.58. The number of nitrogens with zero attached hydrogens (tertiary/aromatic N) is 2. The first-order chi connectivity index (χ1) is 18.1. The number of rotatable bonds is 9. The highest BCUT2D eigenvalue weighted by atomic mass is 19.4. The van der Waals surface area contributed by atoms with Gasteiger partial charge in [0.25, 0.3) is 0 Å². The van der Waals surface area contributed by atoms with Crippen LogP contribution >= 0.6 is 0 Å². The summed E-state index contributed by atoms with van der Waals surface area (Å²) in [6, 6.07) is 25.9. The van der Waals surface area contributed by atoms with E-state index >= 15 is 0 Å². The summed E-state index contributed by atoms with van der Waals surface area (Å²) >= 11 is 0. The zero-order valence-electron chi connectivity index (χ0n) is 22.0. The van der Waals surface area contributed by atoms with Crippen molar-refractivity contribution >= 4 is 0 Å². The summed E-state index contributed by atoms with van der Waals surface area (Å²) in [6.07, 6.45) is -2.66. The van der Waals surface area contributed by atoms with Crippen molar-refractivity contribution in [1.29, 1.82) is 5.26 Å². The molecule has 0 aliphatic carbocycles. The third-order valence-electron chi connectivity index (χ3n) is 7.58. The summed E-state index contributed by atoms with van der Waals surface area (Å²) in [4.78, 5) is 2.31. The molecule has 0 spiro atoms. The average Bonchev–Trinajstić information content (AvgIpc) is 3.39. The van der Waals surface area contributed by atoms with Crippen LogP contribution in [-0.2, 0) is 11.6 Å². The van der Waals surface area contributed by atoms with Gasteiger partial charge in [0.2, 0.25) is 0 Å². The summed E-state index contributed by atoms with van der Waals surface area (Å²) < 4.78 is 51.1. The van der Waals surface area contributed by atoms with Crippen LogP contribution in [0.1, 0.15) is 49.8 Å². The van der Waals surface area contributed by atoms with Crippen LogP contribution in [0.2, 0.25) is 0 Å². The van der Waals surface area contributed by atoms with Crippen molar-refractivity contribution in [3.8, 4) is 17.6 Å². The number of halogens is 3. The summed E-state index contributed by atoms with van der Waals surface area (Å²) in [5.74, 6) is 0.262. The van der Waals surface area contributed by atoms with Crippen LogP contribution in [-0.4, -0.2) is 36.7 Å². The number of likely N-dealkylation sites (tertiary alicyclic amines) is 1. The van der Waals surface area contributed by atoms with Crippen LogP contribution in [0.25, 0.3) is 0 Å². The molecule has 4 nitrogen and oxygen atoms in total. The van der Waals surface area contributed by atoms with E-state index in [0.717, 1.165) is 36.2 Å². The monoisotopic (exact) mass is 522 g/mol. The normalized spacial score (nSPS) is 16.7. The molecule has 1 aliphatic rings. The molecular weight excluding hydrogens is 489 g/mol. The maximum absolute atomic E-state index is 13.3. The minimum absolute atomic E-state index is 0.111. The van der Waals surface area contributed by atoms with Gasteiger partial charge in [0, 0.05) is 24.7 Å². The average molecular weight is 523 g/mol. The Labute approximate surface area is 222 Å². The molecule has 0 unspecified atom stereocenters. The second-order valence-electron chi connectivity index (χ2n) is 10.4. The molecule has 1 fully saturated rings. The minimum Gasteiger partial charge on any atom is -0.497 e. The van der Waals surface area contributed by atoms with E-state index in [0.29, 0.717) is 19.4 Å². The number of hydrogen-bond donors (Lipinski definition) is 0. The van der Waals surface area contributed by atoms with Crippen molar-refractivity contribution in [2.45, 2.75) is 56.3 Å². The summed E-state index contributed by atoms with van der Waals surface area (Å²) in [5.41, 5.74) is 0.0900. The summed E-state index contributed by atoms with van der Waals surface area (Å²) in [5, 5.41) is 10.5. The maximum Gasteiger partial charge on any atom is 0.416 e. The highest BCUT2D eigenvalue weighted by molar-refractivity contribution is 5.46. The van der Waals surface area contributed by atoms with Crippen LogP contribution in [0, 0.1) is 11.3 Å². The minimum atomic E-state index is -4.49. The van der Waals surface area contributed by atoms with Gasteiger partial charge in [0.05, 0.1) is 18.7 Å². The van der Waals surface area contributed by atoms with Crippen LogP contribution in [0.3, 0.4) is 0 Å². The van der Waals surface area contributed by atoms with Crippen molar-refractivity contribution in [3.05, 3.63) is 95.6 Å². The van der Waals surface area contributed by atoms with Crippen LogP contribution in [0.4, 0.5) is 13.2 Å². The summed E-state index contributed by atoms with van der Waals surface area (Å²) in [7, 11) is 1.34. The van der Waals surface area contributed by atoms with Gasteiger partial charge in [-0.05, 0) is 56.4 Å². The molecule has 0 bridgehead atoms. The lowest BCUT2D eigenvalue weighted by Gasteiger charge is -2.38. The van der Waals surface area contributed by atoms with Crippen LogP contribution in [0.5, 0.6) is 11.5 Å². The van der Waals surface area contributed by atoms with Crippen LogP contribution < -0.4 is 9.47 Å². The van der Waals surface area contributed by atoms with Crippen molar-refractivity contribution in [1.82, 2.24) is 4.90 Å². The van der Waals surface area contributed by atoms with Gasteiger partial charge in [0.15, 0.2) is 0 Å². The number of hydrogen-bond acceptors (Lipinski definition) is 4. The zero-order valence-corrected chi connectivity index (χ0v) is 22.0. The highest BCUT2D eigenvalue weighted by Gasteiger charge is 2.40. The number of ether oxygens (including phenoxy) is 2. The Hall–Kier alpha value is -3.50. The van der Waals surface area contributed by atoms with E-state index in [9.17, 15) is 18.4 Å². The predicted octanol–water partition coefficient (Wildman–Crippen LogP) is 7.24. The van der Waals surface area contributed by atoms with Gasteiger partial charge >= 0.3 is 6.18 Å². The second kappa shape index (κ2) is 11.1. The Kier molecular flexibility index (Phi) is 8.03. The zero-order chi connectivity index (χ0) is 27.4. The second-order valence-corrected chi connectivity index (χ2v) is 10.4. The van der Waals surface area contributed by atoms with E-state index in [1.165, 1.54) is 13.2 Å². The van der Waals surface area contributed by atoms with E-state index in [-0.39, 0.29) is 23.1 Å². The Morgan fingerprint density at radius 3 is 1.97 bits per heavy atom. The molecule has 7 heteroatoms. The Balaban J connectivity index is 1.49. The Morgan fingerprint density at radius 1 is 0.868 bits per heavy atom. The van der Waals surface area contributed by atoms with Gasteiger partial charge in [0.1, 0.15) is 23.0 Å². The summed E-state index contributed by atoms with van der Waals surface area (Å²) in [6.45, 7) is 5.65. The fourth-order valence-electron chi connectivity index (χ4n) is 5.23. The highest BCUT2D eigenvalue weighted by Crippen LogP contribution is 2.40. The third kappa shape index (κ3) is 5.97. The van der Waals surface area contributed by atoms with Gasteiger partial charge < -0.3 is 9.47 Å². The van der Waals surface area contributed by atoms with Gasteiger partial charge in [-0.3, -0.25) is 4.90 Å². The van der Waals surface area contributed by atoms with E-state index < -0.39 is 17.2 Å². The number of methoxy groups -OCH3 is 1. The molecule has 0 N–H and O–H groups in total. The number of alkyl halides is 3. The van der Waals surface area contributed by atoms with Crippen LogP contribution in [0.15, 0.2) is 78.9 Å². The lowest BCUT2D eigenvalue weighted by atomic mass is 9.70. The lowest BCUT2D eigenvalue weighted by Crippen LogP contribution is -2.44. The quantitative estimate of drug-likeness (QED) is 0.297. The largest absolute Gasteiger partial charge is 0.497 e. The topological polar surface area (TPSA) is 45.5 Å². The molecule has 0 radical (unpaired) electrons. The first-order valence-electron chi connectivity index (χ1n) is 12.8. The van der Waals surface area contributed by atoms with E-state index in [2.05, 4.69) is 24.8 Å². The van der Waals surface area contributed by atoms with Gasteiger partial charge in [-0.25, -0.2) is 0 Å². The molecular formula is C31H33F3N2O2. The molecule has 0 aromatic heterocycles. The lowest BCUT2D eigenvalue weighted by molar-refractivity contribution is -0.137. The van der Waals surface area contributed by atoms with Crippen molar-refractivity contribution in [2.24, 2.45) is 0 Å². The standard InChI is InChI=1S/C31H33F3N2O2/c1-29(2,15-16-30(22-35,23-10-6-4-7-11-23)24-12-8-5-9-13-24)36-17-14-26(21-36)38-28-19-25(31(32,33)34)18-27(20-28)37-3/h4-13,18-20,26H,14-17,21H2,1-3H3/t26-/m1/s1. The van der Waals surface area contributed by atoms with Gasteiger partial charge in [-0.2, -0.15) is 18.4 Å². The molecule has 1 saturated heterocycles. The smallest absolute Gasteiger partial charge is 0.416 e. The molecule has 0 amide bonds. The molecule has 1 atom stereocenters. The molecule has 0 saturated carbocycles. The first-order valence-corrected chi connectivity index (χ1v) is 12.8. The fourth-order valence-corrected chi connectivity index (χ4v) is 5.23. The molecule has 4 rings (SSSR count). The maximum atomic E-state index is 13.3. The molecule has 3 aromatic rings. The Morgan fingerprint density at radius 2 is 1.45 bits per heavy atom. The predicted molar refractivity (Wildman–Crippen MR) is 141 cm³/mol. The van der Waals surface area contributed by atoms with Crippen molar-refractivity contribution in [2.75, 3.05) is 20.2 Å². The molecule has 38 heavy (non-hydrogen) atoms. The van der Waals surface area contributed by atoms with E-state index in [1.54, 1.807) is 0 Å². The number of nitriles is 1. The van der Waals surface area contributed by atoms with E-state index in [1.807, 2.05) is 60.7 Å². The molecule has 1 heterocycles. The fraction of sp³-hybridized carbons (Fsp3) is 0.387. The van der Waals surface area contributed by atoms with Crippen molar-refractivity contribution in [3.63, 3.8) is 0 Å². The first kappa shape index (κ1) is 27.5. The molecule has 1 aliphatic heterocycles. The van der Waals surface area contributed by atoms with Gasteiger partial charge in [-0.15, -0.1) is 0 Å². The number of benzene rings is 3. The molecule has 200 valence electrons. The molecule has 3 aromatic carbocycles. The Bertz CT molecular complexity index is 1210. The SMILES string of the molecule is COc1cc(O[C@@H]2CCN(C(C)(C)CCC(C#N)(c3ccccc3)c3ccccc3)C2)cc(C(F)(F)F)c1. The van der Waals surface area contributed by atoms with Gasteiger partial charge in [-0.1, -0.05) is 60.7 Å².